The number of ether oxygens (including phenoxy) is 1. The number of nitrogens with two attached hydrogens (primary N) is 1. The predicted octanol–water partition coefficient (Wildman–Crippen LogP) is 2.49. The van der Waals surface area contributed by atoms with Crippen molar-refractivity contribution in [1.29, 1.82) is 0 Å². The fourth-order valence-corrected chi connectivity index (χ4v) is 1.92. The Hall–Kier alpha value is -1.47. The molecule has 1 rings (SSSR count). The SMILES string of the molecule is COc1c(Cl)cc(C(CN)C(=O)O)cc1C(F)(F)F. The van der Waals surface area contributed by atoms with Gasteiger partial charge in [-0.25, -0.2) is 0 Å². The number of hydrogen-bond donors (Lipinski definition) is 2. The van der Waals surface area contributed by atoms with Crippen LogP contribution in [0, 0.1) is 0 Å². The lowest BCUT2D eigenvalue weighted by atomic mass is 9.96. The summed E-state index contributed by atoms with van der Waals surface area (Å²) in [7, 11) is 1.05. The van der Waals surface area contributed by atoms with Gasteiger partial charge in [-0.15, -0.1) is 0 Å². The van der Waals surface area contributed by atoms with Crippen LogP contribution in [0.25, 0.3) is 0 Å². The van der Waals surface area contributed by atoms with E-state index in [1.54, 1.807) is 0 Å². The molecule has 19 heavy (non-hydrogen) atoms. The molecule has 0 amide bonds. The van der Waals surface area contributed by atoms with Gasteiger partial charge in [0.2, 0.25) is 0 Å². The van der Waals surface area contributed by atoms with Crippen molar-refractivity contribution in [2.45, 2.75) is 12.1 Å². The molecule has 0 saturated carbocycles. The highest BCUT2D eigenvalue weighted by Gasteiger charge is 2.37. The van der Waals surface area contributed by atoms with Crippen molar-refractivity contribution in [3.63, 3.8) is 0 Å². The summed E-state index contributed by atoms with van der Waals surface area (Å²) in [5.41, 5.74) is 4.00. The van der Waals surface area contributed by atoms with Gasteiger partial charge < -0.3 is 15.6 Å². The van der Waals surface area contributed by atoms with E-state index in [9.17, 15) is 18.0 Å². The Morgan fingerprint density at radius 3 is 2.47 bits per heavy atom. The Kier molecular flexibility index (Phi) is 4.65. The molecule has 0 aliphatic rings. The topological polar surface area (TPSA) is 72.5 Å². The van der Waals surface area contributed by atoms with Crippen molar-refractivity contribution >= 4 is 17.6 Å². The van der Waals surface area contributed by atoms with Crippen LogP contribution in [0.3, 0.4) is 0 Å². The van der Waals surface area contributed by atoms with Crippen LogP contribution in [0.2, 0.25) is 5.02 Å². The van der Waals surface area contributed by atoms with Crippen molar-refractivity contribution in [1.82, 2.24) is 0 Å². The minimum Gasteiger partial charge on any atom is -0.495 e. The van der Waals surface area contributed by atoms with Crippen LogP contribution in [0.15, 0.2) is 12.1 Å². The van der Waals surface area contributed by atoms with E-state index in [0.29, 0.717) is 6.07 Å². The number of halogens is 4. The van der Waals surface area contributed by atoms with E-state index in [2.05, 4.69) is 4.74 Å². The minimum absolute atomic E-state index is 0.117. The van der Waals surface area contributed by atoms with Gasteiger partial charge in [-0.3, -0.25) is 4.79 Å². The maximum Gasteiger partial charge on any atom is 0.420 e. The number of carboxylic acid groups (broad SMARTS) is 1. The zero-order valence-corrected chi connectivity index (χ0v) is 10.5. The quantitative estimate of drug-likeness (QED) is 0.895. The molecule has 0 fully saturated rings. The van der Waals surface area contributed by atoms with E-state index in [-0.39, 0.29) is 17.1 Å². The normalized spacial score (nSPS) is 13.2. The van der Waals surface area contributed by atoms with Crippen molar-refractivity contribution in [3.8, 4) is 5.75 Å². The fraction of sp³-hybridized carbons (Fsp3) is 0.364. The third-order valence-electron chi connectivity index (χ3n) is 2.51. The molecular formula is C11H11ClF3NO3. The number of carboxylic acids is 1. The van der Waals surface area contributed by atoms with Gasteiger partial charge in [0.25, 0.3) is 0 Å². The highest BCUT2D eigenvalue weighted by Crippen LogP contribution is 2.42. The van der Waals surface area contributed by atoms with Gasteiger partial charge in [-0.1, -0.05) is 11.6 Å². The summed E-state index contributed by atoms with van der Waals surface area (Å²) in [5, 5.41) is 8.59. The number of rotatable bonds is 4. The van der Waals surface area contributed by atoms with E-state index in [0.717, 1.165) is 13.2 Å². The molecule has 0 aliphatic heterocycles. The first-order valence-corrected chi connectivity index (χ1v) is 5.47. The van der Waals surface area contributed by atoms with Gasteiger partial charge in [0, 0.05) is 6.54 Å². The molecule has 1 unspecified atom stereocenters. The average Bonchev–Trinajstić information content (AvgIpc) is 2.27. The summed E-state index contributed by atoms with van der Waals surface area (Å²) in [6, 6.07) is 1.80. The van der Waals surface area contributed by atoms with Crippen LogP contribution in [0.5, 0.6) is 5.75 Å². The fourth-order valence-electron chi connectivity index (χ4n) is 1.61. The second-order valence-corrected chi connectivity index (χ2v) is 4.12. The number of aliphatic carboxylic acids is 1. The molecule has 0 spiro atoms. The van der Waals surface area contributed by atoms with E-state index < -0.39 is 29.4 Å². The Bertz CT molecular complexity index is 491. The number of benzene rings is 1. The molecular weight excluding hydrogens is 287 g/mol. The third kappa shape index (κ3) is 3.30. The highest BCUT2D eigenvalue weighted by atomic mass is 35.5. The first-order valence-electron chi connectivity index (χ1n) is 5.09. The maximum absolute atomic E-state index is 12.8. The molecule has 1 aromatic rings. The minimum atomic E-state index is -4.71. The van der Waals surface area contributed by atoms with Crippen LogP contribution < -0.4 is 10.5 Å². The van der Waals surface area contributed by atoms with E-state index in [1.807, 2.05) is 0 Å². The monoisotopic (exact) mass is 297 g/mol. The van der Waals surface area contributed by atoms with Gasteiger partial charge >= 0.3 is 12.1 Å². The van der Waals surface area contributed by atoms with Crippen LogP contribution >= 0.6 is 11.6 Å². The molecule has 4 nitrogen and oxygen atoms in total. The average molecular weight is 298 g/mol. The number of carbonyl (C=O) groups is 1. The Balaban J connectivity index is 3.47. The smallest absolute Gasteiger partial charge is 0.420 e. The van der Waals surface area contributed by atoms with Gasteiger partial charge in [0.15, 0.2) is 0 Å². The number of hydrogen-bond acceptors (Lipinski definition) is 3. The lowest BCUT2D eigenvalue weighted by Gasteiger charge is -2.17. The van der Waals surface area contributed by atoms with E-state index >= 15 is 0 Å². The molecule has 0 aromatic heterocycles. The van der Waals surface area contributed by atoms with Crippen LogP contribution in [-0.2, 0) is 11.0 Å². The van der Waals surface area contributed by atoms with Crippen molar-refractivity contribution in [2.75, 3.05) is 13.7 Å². The summed E-state index contributed by atoms with van der Waals surface area (Å²) in [5.74, 6) is -3.12. The first-order chi connectivity index (χ1) is 8.72. The van der Waals surface area contributed by atoms with Crippen LogP contribution in [0.4, 0.5) is 13.2 Å². The summed E-state index contributed by atoms with van der Waals surface area (Å²) in [6.07, 6.45) is -4.71. The first kappa shape index (κ1) is 15.6. The Morgan fingerprint density at radius 2 is 2.11 bits per heavy atom. The second-order valence-electron chi connectivity index (χ2n) is 3.71. The number of alkyl halides is 3. The second kappa shape index (κ2) is 5.66. The zero-order chi connectivity index (χ0) is 14.8. The molecule has 0 bridgehead atoms. The summed E-state index contributed by atoms with van der Waals surface area (Å²) >= 11 is 5.69. The Labute approximate surface area is 111 Å². The molecule has 0 aliphatic carbocycles. The molecule has 1 aromatic carbocycles. The molecule has 8 heteroatoms. The Morgan fingerprint density at radius 1 is 1.53 bits per heavy atom. The molecule has 3 N–H and O–H groups in total. The lowest BCUT2D eigenvalue weighted by Crippen LogP contribution is -2.22. The summed E-state index contributed by atoms with van der Waals surface area (Å²) < 4.78 is 43.1. The van der Waals surface area contributed by atoms with Crippen molar-refractivity contribution in [3.05, 3.63) is 28.3 Å². The van der Waals surface area contributed by atoms with Gasteiger partial charge in [0.1, 0.15) is 5.75 Å². The highest BCUT2D eigenvalue weighted by molar-refractivity contribution is 6.32. The summed E-state index contributed by atoms with van der Waals surface area (Å²) in [6.45, 7) is -0.338. The van der Waals surface area contributed by atoms with Crippen molar-refractivity contribution in [2.24, 2.45) is 5.73 Å². The molecule has 0 radical (unpaired) electrons. The predicted molar refractivity (Wildman–Crippen MR) is 62.4 cm³/mol. The van der Waals surface area contributed by atoms with Gasteiger partial charge in [0.05, 0.1) is 23.6 Å². The van der Waals surface area contributed by atoms with E-state index in [1.165, 1.54) is 0 Å². The van der Waals surface area contributed by atoms with Crippen LogP contribution in [-0.4, -0.2) is 24.7 Å². The molecule has 0 saturated heterocycles. The molecule has 1 atom stereocenters. The standard InChI is InChI=1S/C11H11ClF3NO3/c1-19-9-7(11(13,14)15)2-5(3-8(9)12)6(4-16)10(17)18/h2-3,6H,4,16H2,1H3,(H,17,18). The van der Waals surface area contributed by atoms with Gasteiger partial charge in [-0.05, 0) is 17.7 Å². The van der Waals surface area contributed by atoms with Crippen LogP contribution in [0.1, 0.15) is 17.0 Å². The number of methoxy groups -OCH3 is 1. The largest absolute Gasteiger partial charge is 0.495 e. The molecule has 106 valence electrons. The van der Waals surface area contributed by atoms with Crippen molar-refractivity contribution < 1.29 is 27.8 Å². The van der Waals surface area contributed by atoms with E-state index in [4.69, 9.17) is 22.4 Å². The molecule has 0 heterocycles. The lowest BCUT2D eigenvalue weighted by molar-refractivity contribution is -0.140. The summed E-state index contributed by atoms with van der Waals surface area (Å²) in [4.78, 5) is 10.9. The zero-order valence-electron chi connectivity index (χ0n) is 9.79. The maximum atomic E-state index is 12.8. The third-order valence-corrected chi connectivity index (χ3v) is 2.79. The van der Waals surface area contributed by atoms with Gasteiger partial charge in [-0.2, -0.15) is 13.2 Å².